The van der Waals surface area contributed by atoms with Gasteiger partial charge in [-0.2, -0.15) is 0 Å². The van der Waals surface area contributed by atoms with Gasteiger partial charge in [0.05, 0.1) is 13.2 Å². The van der Waals surface area contributed by atoms with Crippen LogP contribution in [0.3, 0.4) is 0 Å². The summed E-state index contributed by atoms with van der Waals surface area (Å²) in [4.78, 5) is 2.13. The van der Waals surface area contributed by atoms with E-state index in [1.165, 1.54) is 0 Å². The first kappa shape index (κ1) is 20.0. The maximum atomic E-state index is 11.8. The zero-order valence-electron chi connectivity index (χ0n) is 16.0. The van der Waals surface area contributed by atoms with E-state index in [9.17, 15) is 10.2 Å². The molecule has 1 atom stereocenters. The zero-order valence-corrected chi connectivity index (χ0v) is 16.0. The molecule has 1 aromatic carbocycles. The molecule has 0 saturated heterocycles. The summed E-state index contributed by atoms with van der Waals surface area (Å²) in [6.07, 6.45) is 5.29. The van der Waals surface area contributed by atoms with Crippen molar-refractivity contribution in [2.75, 3.05) is 19.7 Å². The largest absolute Gasteiger partial charge is 0.395 e. The van der Waals surface area contributed by atoms with E-state index in [4.69, 9.17) is 0 Å². The summed E-state index contributed by atoms with van der Waals surface area (Å²) < 4.78 is 0. The highest BCUT2D eigenvalue weighted by Gasteiger charge is 2.50. The maximum absolute atomic E-state index is 11.8. The second-order valence-corrected chi connectivity index (χ2v) is 7.51. The van der Waals surface area contributed by atoms with Gasteiger partial charge in [0.2, 0.25) is 0 Å². The van der Waals surface area contributed by atoms with E-state index in [1.807, 2.05) is 30.3 Å². The summed E-state index contributed by atoms with van der Waals surface area (Å²) in [7, 11) is 0. The van der Waals surface area contributed by atoms with Gasteiger partial charge in [-0.1, -0.05) is 61.9 Å². The molecule has 0 aromatic heterocycles. The van der Waals surface area contributed by atoms with Gasteiger partial charge in [0.25, 0.3) is 0 Å². The first-order valence-electron chi connectivity index (χ1n) is 9.62. The van der Waals surface area contributed by atoms with Gasteiger partial charge in [0, 0.05) is 18.0 Å². The zero-order chi connectivity index (χ0) is 18.3. The molecule has 1 aliphatic carbocycles. The second kappa shape index (κ2) is 8.85. The Morgan fingerprint density at radius 2 is 1.84 bits per heavy atom. The van der Waals surface area contributed by atoms with Crippen molar-refractivity contribution < 1.29 is 10.2 Å². The molecule has 1 saturated carbocycles. The number of nitrogens with zero attached hydrogens (tertiary/aromatic N) is 1. The molecule has 1 fully saturated rings. The molecular weight excluding hydrogens is 310 g/mol. The topological polar surface area (TPSA) is 43.7 Å². The smallest absolute Gasteiger partial charge is 0.156 e. The minimum atomic E-state index is -1.11. The van der Waals surface area contributed by atoms with Crippen molar-refractivity contribution >= 4 is 0 Å². The van der Waals surface area contributed by atoms with E-state index >= 15 is 0 Å². The molecule has 1 aromatic rings. The first-order valence-corrected chi connectivity index (χ1v) is 9.62. The molecule has 2 rings (SSSR count). The number of hydrogen-bond donors (Lipinski definition) is 2. The van der Waals surface area contributed by atoms with Crippen molar-refractivity contribution in [2.45, 2.75) is 64.5 Å². The average Bonchev–Trinajstić information content (AvgIpc) is 3.12. The number of aliphatic hydroxyl groups excluding tert-OH is 1. The molecule has 25 heavy (non-hydrogen) atoms. The van der Waals surface area contributed by atoms with Gasteiger partial charge in [-0.25, -0.2) is 0 Å². The van der Waals surface area contributed by atoms with Crippen molar-refractivity contribution in [1.82, 2.24) is 4.90 Å². The van der Waals surface area contributed by atoms with E-state index in [2.05, 4.69) is 37.5 Å². The fourth-order valence-corrected chi connectivity index (χ4v) is 4.13. The van der Waals surface area contributed by atoms with Crippen LogP contribution < -0.4 is 0 Å². The van der Waals surface area contributed by atoms with Gasteiger partial charge in [-0.05, 0) is 38.7 Å². The molecule has 0 bridgehead atoms. The second-order valence-electron chi connectivity index (χ2n) is 7.51. The minimum absolute atomic E-state index is 0.127. The Morgan fingerprint density at radius 1 is 1.20 bits per heavy atom. The lowest BCUT2D eigenvalue weighted by Crippen LogP contribution is -2.43. The van der Waals surface area contributed by atoms with Crippen molar-refractivity contribution in [3.8, 4) is 11.8 Å². The quantitative estimate of drug-likeness (QED) is 0.744. The summed E-state index contributed by atoms with van der Waals surface area (Å²) in [5.41, 5.74) is -0.368. The molecule has 0 spiro atoms. The van der Waals surface area contributed by atoms with E-state index in [0.717, 1.165) is 37.7 Å². The van der Waals surface area contributed by atoms with Gasteiger partial charge < -0.3 is 10.2 Å². The van der Waals surface area contributed by atoms with Crippen LogP contribution in [0.2, 0.25) is 0 Å². The van der Waals surface area contributed by atoms with Crippen LogP contribution in [0.5, 0.6) is 0 Å². The molecule has 0 aliphatic heterocycles. The molecule has 0 amide bonds. The highest BCUT2D eigenvalue weighted by Crippen LogP contribution is 2.53. The van der Waals surface area contributed by atoms with Gasteiger partial charge in [0.15, 0.2) is 5.60 Å². The van der Waals surface area contributed by atoms with Gasteiger partial charge in [0.1, 0.15) is 0 Å². The van der Waals surface area contributed by atoms with Crippen molar-refractivity contribution in [1.29, 1.82) is 0 Å². The van der Waals surface area contributed by atoms with E-state index in [1.54, 1.807) is 0 Å². The minimum Gasteiger partial charge on any atom is -0.395 e. The number of benzene rings is 1. The molecule has 1 aliphatic rings. The number of rotatable bonds is 7. The van der Waals surface area contributed by atoms with Crippen LogP contribution >= 0.6 is 0 Å². The Labute approximate surface area is 153 Å². The highest BCUT2D eigenvalue weighted by atomic mass is 16.3. The predicted molar refractivity (Wildman–Crippen MR) is 103 cm³/mol. The first-order chi connectivity index (χ1) is 12.0. The van der Waals surface area contributed by atoms with Crippen molar-refractivity contribution in [2.24, 2.45) is 5.41 Å². The monoisotopic (exact) mass is 343 g/mol. The summed E-state index contributed by atoms with van der Waals surface area (Å²) in [6, 6.07) is 10.3. The van der Waals surface area contributed by atoms with Crippen LogP contribution in [0.1, 0.15) is 58.4 Å². The van der Waals surface area contributed by atoms with Crippen molar-refractivity contribution in [3.63, 3.8) is 0 Å². The van der Waals surface area contributed by atoms with E-state index < -0.39 is 5.60 Å². The van der Waals surface area contributed by atoms with Crippen molar-refractivity contribution in [3.05, 3.63) is 35.9 Å². The van der Waals surface area contributed by atoms with E-state index in [0.29, 0.717) is 19.1 Å². The predicted octanol–water partition coefficient (Wildman–Crippen LogP) is 3.55. The Kier molecular flexibility index (Phi) is 7.07. The lowest BCUT2D eigenvalue weighted by Gasteiger charge is -2.42. The lowest BCUT2D eigenvalue weighted by atomic mass is 9.65. The summed E-state index contributed by atoms with van der Waals surface area (Å²) in [5, 5.41) is 21.0. The fraction of sp³-hybridized carbons (Fsp3) is 0.636. The molecule has 3 nitrogen and oxygen atoms in total. The molecule has 0 radical (unpaired) electrons. The Balaban J connectivity index is 2.35. The number of aliphatic hydroxyl groups is 2. The van der Waals surface area contributed by atoms with Crippen LogP contribution in [0.15, 0.2) is 30.3 Å². The Morgan fingerprint density at radius 3 is 2.36 bits per heavy atom. The maximum Gasteiger partial charge on any atom is 0.156 e. The molecule has 0 unspecified atom stereocenters. The van der Waals surface area contributed by atoms with Crippen LogP contribution in [-0.2, 0) is 5.60 Å². The molecule has 138 valence electrons. The third kappa shape index (κ3) is 4.26. The summed E-state index contributed by atoms with van der Waals surface area (Å²) in [5.74, 6) is 6.51. The Bertz CT molecular complexity index is 581. The van der Waals surface area contributed by atoms with Crippen LogP contribution in [0, 0.1) is 17.3 Å². The third-order valence-corrected chi connectivity index (χ3v) is 5.87. The standard InChI is InChI=1S/C22H33NO2/c1-4-21(13-8-9-14-21)22(25,20-11-6-5-7-12-20)15-10-16-23(17-18-24)19(2)3/h5-7,11-12,19,24-25H,4,8-9,13-14,16-18H2,1-3H3/t22-/m0/s1. The Hall–Kier alpha value is -1.34. The summed E-state index contributed by atoms with van der Waals surface area (Å²) >= 11 is 0. The third-order valence-electron chi connectivity index (χ3n) is 5.87. The fourth-order valence-electron chi connectivity index (χ4n) is 4.13. The van der Waals surface area contributed by atoms with E-state index in [-0.39, 0.29) is 12.0 Å². The van der Waals surface area contributed by atoms with Crippen LogP contribution in [-0.4, -0.2) is 40.9 Å². The van der Waals surface area contributed by atoms with Gasteiger partial charge in [-0.3, -0.25) is 4.90 Å². The molecule has 2 N–H and O–H groups in total. The molecule has 0 heterocycles. The average molecular weight is 344 g/mol. The molecular formula is C22H33NO2. The SMILES string of the molecule is CCC1([C@](O)(C#CCN(CCO)C(C)C)c2ccccc2)CCCC1. The normalized spacial score (nSPS) is 18.8. The van der Waals surface area contributed by atoms with Gasteiger partial charge in [-0.15, -0.1) is 0 Å². The molecule has 3 heteroatoms. The van der Waals surface area contributed by atoms with Gasteiger partial charge >= 0.3 is 0 Å². The van der Waals surface area contributed by atoms with Crippen LogP contribution in [0.25, 0.3) is 0 Å². The lowest BCUT2D eigenvalue weighted by molar-refractivity contribution is -0.0422. The van der Waals surface area contributed by atoms with Crippen LogP contribution in [0.4, 0.5) is 0 Å². The number of hydrogen-bond acceptors (Lipinski definition) is 3. The highest BCUT2D eigenvalue weighted by molar-refractivity contribution is 5.36. The summed E-state index contributed by atoms with van der Waals surface area (Å²) in [6.45, 7) is 7.67.